The van der Waals surface area contributed by atoms with Gasteiger partial charge in [0.2, 0.25) is 0 Å². The van der Waals surface area contributed by atoms with E-state index in [1.165, 1.54) is 0 Å². The van der Waals surface area contributed by atoms with Gasteiger partial charge < -0.3 is 19.8 Å². The maximum Gasteiger partial charge on any atom is 0.494 e. The van der Waals surface area contributed by atoms with Gasteiger partial charge in [-0.25, -0.2) is 0 Å². The van der Waals surface area contributed by atoms with Gasteiger partial charge in [-0.2, -0.15) is 0 Å². The van der Waals surface area contributed by atoms with Crippen molar-refractivity contribution in [2.45, 2.75) is 45.8 Å². The molecule has 0 radical (unpaired) electrons. The molecule has 1 fully saturated rings. The van der Waals surface area contributed by atoms with E-state index in [1.54, 1.807) is 7.11 Å². The van der Waals surface area contributed by atoms with Crippen LogP contribution in [0.2, 0.25) is 0 Å². The van der Waals surface area contributed by atoms with Crippen LogP contribution in [0.3, 0.4) is 0 Å². The van der Waals surface area contributed by atoms with E-state index in [9.17, 15) is 0 Å². The molecule has 0 aliphatic carbocycles. The molecule has 0 aromatic heterocycles. The molecule has 0 unspecified atom stereocenters. The maximum absolute atomic E-state index is 6.03. The van der Waals surface area contributed by atoms with Crippen molar-refractivity contribution < 1.29 is 14.0 Å². The van der Waals surface area contributed by atoms with Crippen molar-refractivity contribution in [3.8, 4) is 5.75 Å². The van der Waals surface area contributed by atoms with E-state index in [-0.39, 0.29) is 11.2 Å². The Morgan fingerprint density at radius 3 is 2.11 bits per heavy atom. The lowest BCUT2D eigenvalue weighted by Gasteiger charge is -2.32. The molecule has 5 heteroatoms. The molecule has 1 aliphatic heterocycles. The van der Waals surface area contributed by atoms with Gasteiger partial charge in [0.1, 0.15) is 5.75 Å². The summed E-state index contributed by atoms with van der Waals surface area (Å²) in [6.45, 7) is 10.1. The van der Waals surface area contributed by atoms with Crippen molar-refractivity contribution in [3.63, 3.8) is 0 Å². The molecule has 0 spiro atoms. The second-order valence-electron chi connectivity index (χ2n) is 6.04. The average molecular weight is 263 g/mol. The molecule has 1 heterocycles. The number of methoxy groups -OCH3 is 1. The molecule has 4 nitrogen and oxygen atoms in total. The monoisotopic (exact) mass is 263 g/mol. The molecule has 1 saturated heterocycles. The van der Waals surface area contributed by atoms with E-state index in [4.69, 9.17) is 19.8 Å². The Morgan fingerprint density at radius 2 is 1.63 bits per heavy atom. The van der Waals surface area contributed by atoms with Gasteiger partial charge >= 0.3 is 7.12 Å². The Hall–Kier alpha value is -1.20. The summed E-state index contributed by atoms with van der Waals surface area (Å²) >= 11 is 0. The molecule has 0 atom stereocenters. The lowest BCUT2D eigenvalue weighted by molar-refractivity contribution is 0.00578. The predicted molar refractivity (Wildman–Crippen MR) is 77.9 cm³/mol. The zero-order chi connectivity index (χ0) is 14.4. The number of nitrogen functional groups attached to an aromatic ring is 1. The van der Waals surface area contributed by atoms with Crippen LogP contribution in [0.4, 0.5) is 5.69 Å². The van der Waals surface area contributed by atoms with Crippen LogP contribution in [0.5, 0.6) is 5.75 Å². The zero-order valence-electron chi connectivity index (χ0n) is 12.5. The molecule has 1 aliphatic rings. The Bertz CT molecular complexity index is 484. The Labute approximate surface area is 115 Å². The Morgan fingerprint density at radius 1 is 1.11 bits per heavy atom. The summed E-state index contributed by atoms with van der Waals surface area (Å²) in [6.07, 6.45) is 0. The summed E-state index contributed by atoms with van der Waals surface area (Å²) < 4.78 is 17.3. The third-order valence-electron chi connectivity index (χ3n) is 4.12. The van der Waals surface area contributed by atoms with E-state index >= 15 is 0 Å². The number of rotatable bonds is 2. The van der Waals surface area contributed by atoms with Gasteiger partial charge in [-0.3, -0.25) is 0 Å². The highest BCUT2D eigenvalue weighted by Crippen LogP contribution is 2.37. The summed E-state index contributed by atoms with van der Waals surface area (Å²) in [5, 5.41) is 0. The number of hydrogen-bond acceptors (Lipinski definition) is 4. The van der Waals surface area contributed by atoms with Crippen LogP contribution in [-0.4, -0.2) is 25.4 Å². The minimum Gasteiger partial charge on any atom is -0.495 e. The fraction of sp³-hybridized carbons (Fsp3) is 0.571. The van der Waals surface area contributed by atoms with Gasteiger partial charge in [0.05, 0.1) is 24.0 Å². The van der Waals surface area contributed by atoms with Gasteiger partial charge in [-0.15, -0.1) is 0 Å². The number of benzene rings is 1. The normalized spacial score (nSPS) is 20.6. The van der Waals surface area contributed by atoms with Crippen LogP contribution < -0.4 is 15.9 Å². The SMILES string of the molecule is COc1cc(B2OC(C)(C)C(C)(C)O2)cc(C)c1N. The predicted octanol–water partition coefficient (Wildman–Crippen LogP) is 1.89. The van der Waals surface area contributed by atoms with Crippen molar-refractivity contribution in [3.05, 3.63) is 17.7 Å². The van der Waals surface area contributed by atoms with Gasteiger partial charge in [-0.1, -0.05) is 6.07 Å². The van der Waals surface area contributed by atoms with Crippen LogP contribution in [-0.2, 0) is 9.31 Å². The lowest BCUT2D eigenvalue weighted by Crippen LogP contribution is -2.41. The summed E-state index contributed by atoms with van der Waals surface area (Å²) in [6, 6.07) is 3.87. The van der Waals surface area contributed by atoms with Crippen molar-refractivity contribution in [2.75, 3.05) is 12.8 Å². The fourth-order valence-corrected chi connectivity index (χ4v) is 2.08. The standard InChI is InChI=1S/C14H22BNO3/c1-9-7-10(8-11(17-6)12(9)16)15-18-13(2,3)14(4,5)19-15/h7-8H,16H2,1-6H3. The minimum absolute atomic E-state index is 0.347. The quantitative estimate of drug-likeness (QED) is 0.654. The van der Waals surface area contributed by atoms with E-state index in [0.717, 1.165) is 11.0 Å². The van der Waals surface area contributed by atoms with Crippen LogP contribution in [0.25, 0.3) is 0 Å². The van der Waals surface area contributed by atoms with E-state index in [1.807, 2.05) is 46.8 Å². The highest BCUT2D eigenvalue weighted by atomic mass is 16.7. The zero-order valence-corrected chi connectivity index (χ0v) is 12.5. The molecule has 1 aromatic rings. The molecule has 1 aromatic carbocycles. The van der Waals surface area contributed by atoms with Gasteiger partial charge in [0, 0.05) is 0 Å². The van der Waals surface area contributed by atoms with Gasteiger partial charge in [0.15, 0.2) is 0 Å². The highest BCUT2D eigenvalue weighted by Gasteiger charge is 2.51. The first-order valence-corrected chi connectivity index (χ1v) is 6.47. The molecule has 0 bridgehead atoms. The lowest BCUT2D eigenvalue weighted by atomic mass is 9.78. The third kappa shape index (κ3) is 2.32. The van der Waals surface area contributed by atoms with Gasteiger partial charge in [0.25, 0.3) is 0 Å². The molecule has 0 amide bonds. The molecular formula is C14H22BNO3. The largest absolute Gasteiger partial charge is 0.495 e. The number of hydrogen-bond donors (Lipinski definition) is 1. The summed E-state index contributed by atoms with van der Waals surface area (Å²) in [5.74, 6) is 0.657. The molecular weight excluding hydrogens is 241 g/mol. The highest BCUT2D eigenvalue weighted by molar-refractivity contribution is 6.62. The van der Waals surface area contributed by atoms with E-state index < -0.39 is 7.12 Å². The van der Waals surface area contributed by atoms with Crippen LogP contribution in [0.15, 0.2) is 12.1 Å². The van der Waals surface area contributed by atoms with Gasteiger partial charge in [-0.05, 0) is 51.7 Å². The van der Waals surface area contributed by atoms with Crippen molar-refractivity contribution in [2.24, 2.45) is 0 Å². The summed E-state index contributed by atoms with van der Waals surface area (Å²) in [7, 11) is 1.22. The van der Waals surface area contributed by atoms with E-state index in [2.05, 4.69) is 0 Å². The first-order chi connectivity index (χ1) is 8.68. The maximum atomic E-state index is 6.03. The Balaban J connectivity index is 2.37. The average Bonchev–Trinajstić information content (AvgIpc) is 2.52. The van der Waals surface area contributed by atoms with E-state index in [0.29, 0.717) is 11.4 Å². The van der Waals surface area contributed by atoms with Crippen molar-refractivity contribution in [1.29, 1.82) is 0 Å². The number of aryl methyl sites for hydroxylation is 1. The molecule has 0 saturated carbocycles. The third-order valence-corrected chi connectivity index (χ3v) is 4.12. The fourth-order valence-electron chi connectivity index (χ4n) is 2.08. The summed E-state index contributed by atoms with van der Waals surface area (Å²) in [5.41, 5.74) is 7.82. The molecule has 104 valence electrons. The second-order valence-corrected chi connectivity index (χ2v) is 6.04. The van der Waals surface area contributed by atoms with Crippen molar-refractivity contribution >= 4 is 18.3 Å². The topological polar surface area (TPSA) is 53.7 Å². The smallest absolute Gasteiger partial charge is 0.494 e. The molecule has 19 heavy (non-hydrogen) atoms. The minimum atomic E-state index is -0.391. The Kier molecular flexibility index (Phi) is 3.31. The van der Waals surface area contributed by atoms with Crippen LogP contribution >= 0.6 is 0 Å². The van der Waals surface area contributed by atoms with Crippen LogP contribution in [0, 0.1) is 6.92 Å². The number of anilines is 1. The van der Waals surface area contributed by atoms with Crippen molar-refractivity contribution in [1.82, 2.24) is 0 Å². The molecule has 2 rings (SSSR count). The number of nitrogens with two attached hydrogens (primary N) is 1. The second kappa shape index (κ2) is 4.42. The molecule has 2 N–H and O–H groups in total. The first kappa shape index (κ1) is 14.2. The summed E-state index contributed by atoms with van der Waals surface area (Å²) in [4.78, 5) is 0. The first-order valence-electron chi connectivity index (χ1n) is 6.47. The number of ether oxygens (including phenoxy) is 1. The van der Waals surface area contributed by atoms with Crippen LogP contribution in [0.1, 0.15) is 33.3 Å².